The molecular weight excluding hydrogens is 328 g/mol. The van der Waals surface area contributed by atoms with Crippen LogP contribution in [0, 0.1) is 0 Å². The molecule has 2 aromatic rings. The highest BCUT2D eigenvalue weighted by Gasteiger charge is 2.18. The van der Waals surface area contributed by atoms with Gasteiger partial charge in [0.1, 0.15) is 0 Å². The first-order chi connectivity index (χ1) is 11.4. The van der Waals surface area contributed by atoms with Gasteiger partial charge in [0.15, 0.2) is 6.10 Å². The molecule has 0 saturated heterocycles. The summed E-state index contributed by atoms with van der Waals surface area (Å²) in [4.78, 5) is 35.7. The maximum Gasteiger partial charge on any atom is 0.311 e. The fourth-order valence-corrected chi connectivity index (χ4v) is 2.62. The average Bonchev–Trinajstić information content (AvgIpc) is 3.01. The zero-order valence-corrected chi connectivity index (χ0v) is 14.2. The lowest BCUT2D eigenvalue weighted by Gasteiger charge is -2.13. The van der Waals surface area contributed by atoms with Crippen LogP contribution in [-0.4, -0.2) is 23.9 Å². The normalized spacial score (nSPS) is 11.4. The number of amides is 2. The summed E-state index contributed by atoms with van der Waals surface area (Å²) >= 11 is 1.46. The van der Waals surface area contributed by atoms with Gasteiger partial charge in [-0.2, -0.15) is 0 Å². The second kappa shape index (κ2) is 8.26. The number of esters is 1. The van der Waals surface area contributed by atoms with Crippen molar-refractivity contribution < 1.29 is 19.1 Å². The van der Waals surface area contributed by atoms with E-state index in [0.29, 0.717) is 11.4 Å². The third-order valence-electron chi connectivity index (χ3n) is 3.05. The minimum absolute atomic E-state index is 0.153. The molecule has 0 bridgehead atoms. The smallest absolute Gasteiger partial charge is 0.311 e. The van der Waals surface area contributed by atoms with Crippen LogP contribution >= 0.6 is 11.3 Å². The van der Waals surface area contributed by atoms with Gasteiger partial charge in [0.2, 0.25) is 5.91 Å². The summed E-state index contributed by atoms with van der Waals surface area (Å²) < 4.78 is 5.13. The first-order valence-electron chi connectivity index (χ1n) is 7.34. The Bertz CT molecular complexity index is 711. The number of anilines is 2. The maximum absolute atomic E-state index is 12.1. The molecule has 0 saturated carbocycles. The monoisotopic (exact) mass is 346 g/mol. The Morgan fingerprint density at radius 3 is 2.25 bits per heavy atom. The fraction of sp³-hybridized carbons (Fsp3) is 0.235. The highest BCUT2D eigenvalue weighted by molar-refractivity contribution is 7.10. The van der Waals surface area contributed by atoms with Crippen molar-refractivity contribution in [2.75, 3.05) is 10.6 Å². The van der Waals surface area contributed by atoms with Crippen molar-refractivity contribution in [1.82, 2.24) is 0 Å². The molecule has 24 heavy (non-hydrogen) atoms. The van der Waals surface area contributed by atoms with Gasteiger partial charge in [-0.25, -0.2) is 0 Å². The predicted molar refractivity (Wildman–Crippen MR) is 93.0 cm³/mol. The molecule has 0 spiro atoms. The molecule has 1 atom stereocenters. The predicted octanol–water partition coefficient (Wildman–Crippen LogP) is 2.82. The van der Waals surface area contributed by atoms with E-state index >= 15 is 0 Å². The number of hydrogen-bond acceptors (Lipinski definition) is 5. The van der Waals surface area contributed by atoms with Crippen LogP contribution in [0.5, 0.6) is 0 Å². The van der Waals surface area contributed by atoms with Crippen molar-refractivity contribution >= 4 is 40.5 Å². The summed E-state index contributed by atoms with van der Waals surface area (Å²) in [5.74, 6) is -1.03. The van der Waals surface area contributed by atoms with E-state index in [-0.39, 0.29) is 12.3 Å². The van der Waals surface area contributed by atoms with E-state index in [1.165, 1.54) is 25.2 Å². The number of hydrogen-bond donors (Lipinski definition) is 2. The van der Waals surface area contributed by atoms with Crippen molar-refractivity contribution in [3.05, 3.63) is 46.7 Å². The van der Waals surface area contributed by atoms with Gasteiger partial charge >= 0.3 is 5.97 Å². The third kappa shape index (κ3) is 5.51. The Kier molecular flexibility index (Phi) is 6.08. The molecule has 126 valence electrons. The van der Waals surface area contributed by atoms with Crippen LogP contribution in [0.2, 0.25) is 0 Å². The molecule has 0 aliphatic heterocycles. The molecule has 6 nitrogen and oxygen atoms in total. The van der Waals surface area contributed by atoms with E-state index in [9.17, 15) is 14.4 Å². The van der Waals surface area contributed by atoms with E-state index in [1.54, 1.807) is 24.3 Å². The average molecular weight is 346 g/mol. The topological polar surface area (TPSA) is 84.5 Å². The Hall–Kier alpha value is -2.67. The van der Waals surface area contributed by atoms with Gasteiger partial charge in [-0.15, -0.1) is 11.3 Å². The standard InChI is InChI=1S/C17H18N2O4S/c1-11(23-16(21)10-15-4-3-9-24-15)17(22)19-14-7-5-13(6-8-14)18-12(2)20/h3-9,11H,10H2,1-2H3,(H,18,20)(H,19,22)/t11-/m1/s1. The molecule has 0 aliphatic rings. The Labute approximate surface area is 143 Å². The number of benzene rings is 1. The highest BCUT2D eigenvalue weighted by Crippen LogP contribution is 2.14. The van der Waals surface area contributed by atoms with Crippen molar-refractivity contribution in [3.8, 4) is 0 Å². The summed E-state index contributed by atoms with van der Waals surface area (Å²) in [7, 11) is 0. The van der Waals surface area contributed by atoms with Crippen LogP contribution in [0.25, 0.3) is 0 Å². The molecule has 1 aromatic heterocycles. The van der Waals surface area contributed by atoms with Gasteiger partial charge in [0.25, 0.3) is 5.91 Å². The van der Waals surface area contributed by atoms with Crippen LogP contribution in [0.3, 0.4) is 0 Å². The zero-order valence-electron chi connectivity index (χ0n) is 13.4. The lowest BCUT2D eigenvalue weighted by atomic mass is 10.2. The van der Waals surface area contributed by atoms with E-state index in [4.69, 9.17) is 4.74 Å². The van der Waals surface area contributed by atoms with Crippen molar-refractivity contribution in [1.29, 1.82) is 0 Å². The van der Waals surface area contributed by atoms with Gasteiger partial charge in [-0.05, 0) is 42.6 Å². The van der Waals surface area contributed by atoms with E-state index in [2.05, 4.69) is 10.6 Å². The Morgan fingerprint density at radius 1 is 1.08 bits per heavy atom. The summed E-state index contributed by atoms with van der Waals surface area (Å²) in [5, 5.41) is 7.17. The second-order valence-corrected chi connectivity index (χ2v) is 6.17. The van der Waals surface area contributed by atoms with Crippen LogP contribution in [0.4, 0.5) is 11.4 Å². The molecule has 2 rings (SSSR count). The summed E-state index contributed by atoms with van der Waals surface area (Å²) in [6.45, 7) is 2.94. The maximum atomic E-state index is 12.1. The number of nitrogens with one attached hydrogen (secondary N) is 2. The number of carbonyl (C=O) groups excluding carboxylic acids is 3. The molecule has 0 unspecified atom stereocenters. The Balaban J connectivity index is 1.84. The van der Waals surface area contributed by atoms with Crippen molar-refractivity contribution in [3.63, 3.8) is 0 Å². The lowest BCUT2D eigenvalue weighted by Crippen LogP contribution is -2.30. The fourth-order valence-electron chi connectivity index (χ4n) is 1.93. The zero-order chi connectivity index (χ0) is 17.5. The molecule has 1 aromatic carbocycles. The van der Waals surface area contributed by atoms with Gasteiger partial charge in [0.05, 0.1) is 6.42 Å². The van der Waals surface area contributed by atoms with E-state index < -0.39 is 18.0 Å². The number of carbonyl (C=O) groups is 3. The first-order valence-corrected chi connectivity index (χ1v) is 8.22. The highest BCUT2D eigenvalue weighted by atomic mass is 32.1. The molecule has 2 amide bonds. The van der Waals surface area contributed by atoms with Crippen molar-refractivity contribution in [2.45, 2.75) is 26.4 Å². The molecular formula is C17H18N2O4S. The lowest BCUT2D eigenvalue weighted by molar-refractivity contribution is -0.152. The third-order valence-corrected chi connectivity index (χ3v) is 3.93. The van der Waals surface area contributed by atoms with Crippen LogP contribution in [0.15, 0.2) is 41.8 Å². The van der Waals surface area contributed by atoms with Gasteiger partial charge in [-0.1, -0.05) is 6.07 Å². The molecule has 1 heterocycles. The molecule has 7 heteroatoms. The number of thiophene rings is 1. The number of rotatable bonds is 6. The molecule has 2 N–H and O–H groups in total. The molecule has 0 fully saturated rings. The molecule has 0 aliphatic carbocycles. The van der Waals surface area contributed by atoms with Crippen LogP contribution in [-0.2, 0) is 25.5 Å². The van der Waals surface area contributed by atoms with Gasteiger partial charge in [0, 0.05) is 23.2 Å². The molecule has 0 radical (unpaired) electrons. The largest absolute Gasteiger partial charge is 0.452 e. The summed E-state index contributed by atoms with van der Waals surface area (Å²) in [6, 6.07) is 10.4. The summed E-state index contributed by atoms with van der Waals surface area (Å²) in [6.07, 6.45) is -0.742. The quantitative estimate of drug-likeness (QED) is 0.788. The second-order valence-electron chi connectivity index (χ2n) is 5.14. The number of ether oxygens (including phenoxy) is 1. The van der Waals surface area contributed by atoms with Crippen LogP contribution < -0.4 is 10.6 Å². The van der Waals surface area contributed by atoms with Crippen LogP contribution in [0.1, 0.15) is 18.7 Å². The minimum Gasteiger partial charge on any atom is -0.452 e. The van der Waals surface area contributed by atoms with Gasteiger partial charge in [-0.3, -0.25) is 14.4 Å². The Morgan fingerprint density at radius 2 is 1.71 bits per heavy atom. The first kappa shape index (κ1) is 17.7. The van der Waals surface area contributed by atoms with Gasteiger partial charge < -0.3 is 15.4 Å². The SMILES string of the molecule is CC(=O)Nc1ccc(NC(=O)[C@@H](C)OC(=O)Cc2cccs2)cc1. The summed E-state index contributed by atoms with van der Waals surface area (Å²) in [5.41, 5.74) is 1.19. The van der Waals surface area contributed by atoms with E-state index in [0.717, 1.165) is 4.88 Å². The minimum atomic E-state index is -0.896. The van der Waals surface area contributed by atoms with Crippen molar-refractivity contribution in [2.24, 2.45) is 0 Å². The van der Waals surface area contributed by atoms with E-state index in [1.807, 2.05) is 17.5 Å².